The maximum Gasteiger partial charge on any atom is 0.226 e. The van der Waals surface area contributed by atoms with Gasteiger partial charge in [-0.2, -0.15) is 0 Å². The molecular formula is C28H34Cl2N2O2. The van der Waals surface area contributed by atoms with Crippen molar-refractivity contribution >= 4 is 29.1 Å². The minimum atomic E-state index is 0.0350. The van der Waals surface area contributed by atoms with Gasteiger partial charge in [0.1, 0.15) is 5.75 Å². The molecule has 3 atom stereocenters. The summed E-state index contributed by atoms with van der Waals surface area (Å²) in [7, 11) is 3.68. The number of carbonyl (C=O) groups excluding carboxylic acids is 1. The summed E-state index contributed by atoms with van der Waals surface area (Å²) in [6.07, 6.45) is 6.48. The van der Waals surface area contributed by atoms with E-state index in [0.717, 1.165) is 56.6 Å². The van der Waals surface area contributed by atoms with Crippen LogP contribution in [0.1, 0.15) is 36.8 Å². The Labute approximate surface area is 213 Å². The van der Waals surface area contributed by atoms with Crippen molar-refractivity contribution in [2.75, 3.05) is 33.8 Å². The number of rotatable bonds is 7. The van der Waals surface area contributed by atoms with Gasteiger partial charge in [-0.25, -0.2) is 0 Å². The summed E-state index contributed by atoms with van der Waals surface area (Å²) in [5.41, 5.74) is 2.26. The number of likely N-dealkylation sites (tertiary alicyclic amines) is 1. The molecule has 1 aliphatic carbocycles. The quantitative estimate of drug-likeness (QED) is 0.437. The van der Waals surface area contributed by atoms with Gasteiger partial charge in [-0.3, -0.25) is 9.69 Å². The predicted octanol–water partition coefficient (Wildman–Crippen LogP) is 6.00. The second-order valence-electron chi connectivity index (χ2n) is 9.75. The molecule has 1 amide bonds. The van der Waals surface area contributed by atoms with Crippen LogP contribution in [0.25, 0.3) is 0 Å². The lowest BCUT2D eigenvalue weighted by Gasteiger charge is -2.54. The van der Waals surface area contributed by atoms with Gasteiger partial charge in [-0.15, -0.1) is 6.58 Å². The van der Waals surface area contributed by atoms with Gasteiger partial charge in [0.2, 0.25) is 5.91 Å². The van der Waals surface area contributed by atoms with Crippen molar-refractivity contribution in [2.45, 2.75) is 43.6 Å². The first-order valence-corrected chi connectivity index (χ1v) is 12.8. The predicted molar refractivity (Wildman–Crippen MR) is 140 cm³/mol. The number of methoxy groups -OCH3 is 1. The molecule has 1 aliphatic heterocycles. The summed E-state index contributed by atoms with van der Waals surface area (Å²) in [5, 5.41) is 0.992. The summed E-state index contributed by atoms with van der Waals surface area (Å²) in [5.74, 6) is 1.56. The molecule has 2 aromatic carbocycles. The highest BCUT2D eigenvalue weighted by Crippen LogP contribution is 2.50. The number of carbonyl (C=O) groups is 1. The zero-order chi connectivity index (χ0) is 24.3. The van der Waals surface area contributed by atoms with Crippen LogP contribution in [0.5, 0.6) is 5.75 Å². The molecule has 1 saturated carbocycles. The first-order chi connectivity index (χ1) is 16.4. The fraction of sp³-hybridized carbons (Fsp3) is 0.464. The Hall–Kier alpha value is -2.01. The molecule has 2 aliphatic rings. The molecular weight excluding hydrogens is 467 g/mol. The van der Waals surface area contributed by atoms with Crippen LogP contribution in [0.4, 0.5) is 0 Å². The highest BCUT2D eigenvalue weighted by atomic mass is 35.5. The van der Waals surface area contributed by atoms with Gasteiger partial charge < -0.3 is 9.64 Å². The van der Waals surface area contributed by atoms with Crippen molar-refractivity contribution in [3.8, 4) is 5.75 Å². The number of hydrogen-bond donors (Lipinski definition) is 0. The topological polar surface area (TPSA) is 32.8 Å². The van der Waals surface area contributed by atoms with E-state index in [1.165, 1.54) is 5.56 Å². The molecule has 4 nitrogen and oxygen atoms in total. The van der Waals surface area contributed by atoms with Gasteiger partial charge in [-0.05, 0) is 73.5 Å². The number of benzene rings is 2. The normalized spacial score (nSPS) is 24.8. The molecule has 0 aromatic heterocycles. The van der Waals surface area contributed by atoms with Crippen LogP contribution in [0, 0.1) is 5.92 Å². The van der Waals surface area contributed by atoms with Gasteiger partial charge >= 0.3 is 0 Å². The average molecular weight is 501 g/mol. The van der Waals surface area contributed by atoms with E-state index in [1.807, 2.05) is 30.2 Å². The molecule has 34 heavy (non-hydrogen) atoms. The molecule has 0 radical (unpaired) electrons. The number of nitrogens with zero attached hydrogens (tertiary/aromatic N) is 2. The molecule has 2 aromatic rings. The number of piperidine rings is 1. The van der Waals surface area contributed by atoms with E-state index >= 15 is 0 Å². The van der Waals surface area contributed by atoms with Crippen molar-refractivity contribution in [2.24, 2.45) is 5.92 Å². The Bertz CT molecular complexity index is 1040. The lowest BCUT2D eigenvalue weighted by atomic mass is 9.57. The second kappa shape index (κ2) is 10.7. The van der Waals surface area contributed by atoms with Crippen LogP contribution in [0.2, 0.25) is 10.0 Å². The third-order valence-corrected chi connectivity index (χ3v) is 8.63. The van der Waals surface area contributed by atoms with Gasteiger partial charge in [0.05, 0.1) is 23.6 Å². The molecule has 0 N–H and O–H groups in total. The number of halogens is 2. The zero-order valence-corrected chi connectivity index (χ0v) is 21.6. The molecule has 0 unspecified atom stereocenters. The number of ether oxygens (including phenoxy) is 1. The Balaban J connectivity index is 1.57. The van der Waals surface area contributed by atoms with Gasteiger partial charge in [-0.1, -0.05) is 47.5 Å². The van der Waals surface area contributed by atoms with Crippen molar-refractivity contribution in [3.05, 3.63) is 76.3 Å². The molecule has 1 saturated heterocycles. The SMILES string of the molecule is C=CCN1CC[C@@]2(c3cccc(OC)c3)C[C@H](N(C)C(=O)Cc3ccc(Cl)c(Cl)c3)CC[C@@H]2C1. The van der Waals surface area contributed by atoms with E-state index in [9.17, 15) is 4.79 Å². The van der Waals surface area contributed by atoms with Crippen LogP contribution < -0.4 is 4.74 Å². The summed E-state index contributed by atoms with van der Waals surface area (Å²) >= 11 is 12.2. The lowest BCUT2D eigenvalue weighted by Crippen LogP contribution is -2.56. The fourth-order valence-corrected chi connectivity index (χ4v) is 6.27. The number of amides is 1. The molecule has 2 fully saturated rings. The van der Waals surface area contributed by atoms with Crippen molar-refractivity contribution in [1.82, 2.24) is 9.80 Å². The lowest BCUT2D eigenvalue weighted by molar-refractivity contribution is -0.133. The summed E-state index contributed by atoms with van der Waals surface area (Å²) in [4.78, 5) is 17.7. The summed E-state index contributed by atoms with van der Waals surface area (Å²) in [6.45, 7) is 6.97. The van der Waals surface area contributed by atoms with Crippen LogP contribution in [0.15, 0.2) is 55.1 Å². The third kappa shape index (κ3) is 5.15. The van der Waals surface area contributed by atoms with Crippen LogP contribution in [-0.4, -0.2) is 55.5 Å². The first kappa shape index (κ1) is 25.1. The largest absolute Gasteiger partial charge is 0.497 e. The Morgan fingerprint density at radius 1 is 1.24 bits per heavy atom. The van der Waals surface area contributed by atoms with Gasteiger partial charge in [0.15, 0.2) is 0 Å². The molecule has 1 heterocycles. The molecule has 0 bridgehead atoms. The van der Waals surface area contributed by atoms with E-state index < -0.39 is 0 Å². The maximum absolute atomic E-state index is 13.3. The highest BCUT2D eigenvalue weighted by molar-refractivity contribution is 6.42. The highest BCUT2D eigenvalue weighted by Gasteiger charge is 2.49. The van der Waals surface area contributed by atoms with Crippen LogP contribution in [-0.2, 0) is 16.6 Å². The molecule has 0 spiro atoms. The fourth-order valence-electron chi connectivity index (χ4n) is 5.95. The van der Waals surface area contributed by atoms with E-state index in [4.69, 9.17) is 27.9 Å². The van der Waals surface area contributed by atoms with E-state index in [-0.39, 0.29) is 17.4 Å². The van der Waals surface area contributed by atoms with Crippen LogP contribution in [0.3, 0.4) is 0 Å². The average Bonchev–Trinajstić information content (AvgIpc) is 2.85. The second-order valence-corrected chi connectivity index (χ2v) is 10.6. The van der Waals surface area contributed by atoms with E-state index in [1.54, 1.807) is 19.2 Å². The van der Waals surface area contributed by atoms with Crippen molar-refractivity contribution in [1.29, 1.82) is 0 Å². The van der Waals surface area contributed by atoms with Gasteiger partial charge in [0.25, 0.3) is 0 Å². The third-order valence-electron chi connectivity index (χ3n) is 7.89. The number of hydrogen-bond acceptors (Lipinski definition) is 3. The standard InChI is InChI=1S/C28H34Cl2N2O2/c1-4-13-32-14-12-28(21-6-5-7-24(17-21)34-3)18-23(10-9-22(28)19-32)31(2)27(33)16-20-8-11-25(29)26(30)15-20/h4-8,11,15,17,22-23H,1,9-10,12-14,16,18-19H2,2-3H3/t22-,23-,28+/m1/s1. The van der Waals surface area contributed by atoms with E-state index in [0.29, 0.717) is 22.4 Å². The summed E-state index contributed by atoms with van der Waals surface area (Å²) < 4.78 is 5.57. The molecule has 6 heteroatoms. The van der Waals surface area contributed by atoms with E-state index in [2.05, 4.69) is 29.7 Å². The molecule has 4 rings (SSSR count). The Morgan fingerprint density at radius 3 is 2.79 bits per heavy atom. The Kier molecular flexibility index (Phi) is 7.91. The molecule has 182 valence electrons. The number of fused-ring (bicyclic) bond motifs is 1. The minimum absolute atomic E-state index is 0.0350. The monoisotopic (exact) mass is 500 g/mol. The Morgan fingerprint density at radius 2 is 2.06 bits per heavy atom. The summed E-state index contributed by atoms with van der Waals surface area (Å²) in [6, 6.07) is 14.2. The van der Waals surface area contributed by atoms with Crippen molar-refractivity contribution in [3.63, 3.8) is 0 Å². The smallest absolute Gasteiger partial charge is 0.226 e. The van der Waals surface area contributed by atoms with Gasteiger partial charge in [0, 0.05) is 31.6 Å². The van der Waals surface area contributed by atoms with Crippen molar-refractivity contribution < 1.29 is 9.53 Å². The minimum Gasteiger partial charge on any atom is -0.497 e. The number of likely N-dealkylation sites (N-methyl/N-ethyl adjacent to an activating group) is 1. The maximum atomic E-state index is 13.3. The van der Waals surface area contributed by atoms with Crippen LogP contribution >= 0.6 is 23.2 Å². The first-order valence-electron chi connectivity index (χ1n) is 12.0. The zero-order valence-electron chi connectivity index (χ0n) is 20.1.